The van der Waals surface area contributed by atoms with E-state index in [-0.39, 0.29) is 11.8 Å². The molecule has 164 valence electrons. The van der Waals surface area contributed by atoms with Crippen molar-refractivity contribution in [3.8, 4) is 0 Å². The average molecular weight is 440 g/mol. The molecular formula is C23H29N5O2S. The van der Waals surface area contributed by atoms with E-state index in [0.29, 0.717) is 31.5 Å². The lowest BCUT2D eigenvalue weighted by molar-refractivity contribution is -0.121. The third-order valence-corrected chi connectivity index (χ3v) is 6.82. The fourth-order valence-electron chi connectivity index (χ4n) is 3.89. The summed E-state index contributed by atoms with van der Waals surface area (Å²) in [5, 5.41) is 3.75. The van der Waals surface area contributed by atoms with Crippen molar-refractivity contribution in [3.63, 3.8) is 0 Å². The molecule has 0 radical (unpaired) electrons. The molecule has 0 spiro atoms. The minimum atomic E-state index is -0.0592. The number of hydrogen-bond acceptors (Lipinski definition) is 6. The van der Waals surface area contributed by atoms with Gasteiger partial charge in [-0.05, 0) is 37.7 Å². The number of fused-ring (bicyclic) bond motifs is 2. The molecule has 2 aliphatic heterocycles. The van der Waals surface area contributed by atoms with Crippen LogP contribution in [0.1, 0.15) is 23.2 Å². The van der Waals surface area contributed by atoms with Crippen LogP contribution in [-0.2, 0) is 4.79 Å². The number of hydrogen-bond donors (Lipinski definition) is 1. The molecule has 0 saturated carbocycles. The van der Waals surface area contributed by atoms with Gasteiger partial charge in [0.15, 0.2) is 0 Å². The quantitative estimate of drug-likeness (QED) is 0.714. The second-order valence-electron chi connectivity index (χ2n) is 7.98. The number of likely N-dealkylation sites (N-methyl/N-ethyl adjacent to an activating group) is 1. The summed E-state index contributed by atoms with van der Waals surface area (Å²) >= 11 is 1.51. The van der Waals surface area contributed by atoms with E-state index in [2.05, 4.69) is 27.1 Å². The Bertz CT molecular complexity index is 930. The highest BCUT2D eigenvalue weighted by Crippen LogP contribution is 2.40. The summed E-state index contributed by atoms with van der Waals surface area (Å²) in [6.45, 7) is 6.32. The standard InChI is InChI=1S/C23H29N5O2S/c1-26-14-16-27(17-15-26)13-11-24-21(29)9-5-12-28-19-7-2-3-8-20(19)31-22-18(23(28)30)6-4-10-25-22/h2-4,6-8,10H,5,9,11-17H2,1H3,(H,24,29). The molecular weight excluding hydrogens is 410 g/mol. The third-order valence-electron chi connectivity index (χ3n) is 5.74. The zero-order valence-corrected chi connectivity index (χ0v) is 18.7. The minimum absolute atomic E-state index is 0.0427. The summed E-state index contributed by atoms with van der Waals surface area (Å²) in [7, 11) is 2.14. The van der Waals surface area contributed by atoms with Gasteiger partial charge in [-0.1, -0.05) is 23.9 Å². The van der Waals surface area contributed by atoms with Crippen LogP contribution in [-0.4, -0.2) is 79.5 Å². The van der Waals surface area contributed by atoms with Crippen LogP contribution in [0.25, 0.3) is 0 Å². The van der Waals surface area contributed by atoms with Crippen molar-refractivity contribution in [1.29, 1.82) is 0 Å². The van der Waals surface area contributed by atoms with Gasteiger partial charge in [-0.3, -0.25) is 14.5 Å². The first-order valence-corrected chi connectivity index (χ1v) is 11.6. The number of carbonyl (C=O) groups is 2. The van der Waals surface area contributed by atoms with Crippen LogP contribution in [0, 0.1) is 0 Å². The second kappa shape index (κ2) is 10.3. The highest BCUT2D eigenvalue weighted by Gasteiger charge is 2.27. The van der Waals surface area contributed by atoms with Gasteiger partial charge in [-0.25, -0.2) is 4.98 Å². The number of para-hydroxylation sites is 1. The molecule has 3 heterocycles. The largest absolute Gasteiger partial charge is 0.355 e. The Hall–Kier alpha value is -2.42. The molecule has 4 rings (SSSR count). The summed E-state index contributed by atoms with van der Waals surface area (Å²) < 4.78 is 0. The highest BCUT2D eigenvalue weighted by molar-refractivity contribution is 7.99. The number of aromatic nitrogens is 1. The Morgan fingerprint density at radius 1 is 1.10 bits per heavy atom. The van der Waals surface area contributed by atoms with Crippen molar-refractivity contribution >= 4 is 29.3 Å². The maximum Gasteiger partial charge on any atom is 0.261 e. The number of nitrogens with zero attached hydrogens (tertiary/aromatic N) is 4. The van der Waals surface area contributed by atoms with Gasteiger partial charge < -0.3 is 15.1 Å². The molecule has 2 aromatic rings. The Morgan fingerprint density at radius 3 is 2.74 bits per heavy atom. The van der Waals surface area contributed by atoms with Crippen LogP contribution in [0.3, 0.4) is 0 Å². The summed E-state index contributed by atoms with van der Waals surface area (Å²) in [5.74, 6) is -0.0165. The lowest BCUT2D eigenvalue weighted by atomic mass is 10.2. The van der Waals surface area contributed by atoms with Crippen LogP contribution in [0.5, 0.6) is 0 Å². The van der Waals surface area contributed by atoms with E-state index < -0.39 is 0 Å². The number of benzene rings is 1. The van der Waals surface area contributed by atoms with Crippen molar-refractivity contribution in [3.05, 3.63) is 48.2 Å². The van der Waals surface area contributed by atoms with Crippen LogP contribution >= 0.6 is 11.8 Å². The smallest absolute Gasteiger partial charge is 0.261 e. The van der Waals surface area contributed by atoms with Gasteiger partial charge in [0.2, 0.25) is 5.91 Å². The lowest BCUT2D eigenvalue weighted by Crippen LogP contribution is -2.46. The molecule has 1 aromatic heterocycles. The van der Waals surface area contributed by atoms with Crippen LogP contribution in [0.15, 0.2) is 52.5 Å². The molecule has 1 N–H and O–H groups in total. The molecule has 0 atom stereocenters. The van der Waals surface area contributed by atoms with Gasteiger partial charge in [0.1, 0.15) is 5.03 Å². The van der Waals surface area contributed by atoms with Gasteiger partial charge in [0.25, 0.3) is 5.91 Å². The van der Waals surface area contributed by atoms with Crippen molar-refractivity contribution < 1.29 is 9.59 Å². The summed E-state index contributed by atoms with van der Waals surface area (Å²) in [6, 6.07) is 11.5. The fourth-order valence-corrected chi connectivity index (χ4v) is 4.91. The molecule has 31 heavy (non-hydrogen) atoms. The van der Waals surface area contributed by atoms with Crippen LogP contribution in [0.2, 0.25) is 0 Å². The van der Waals surface area contributed by atoms with Crippen LogP contribution < -0.4 is 10.2 Å². The monoisotopic (exact) mass is 439 g/mol. The molecule has 7 nitrogen and oxygen atoms in total. The summed E-state index contributed by atoms with van der Waals surface area (Å²) in [6.07, 6.45) is 2.73. The predicted octanol–water partition coefficient (Wildman–Crippen LogP) is 2.34. The van der Waals surface area contributed by atoms with Gasteiger partial charge in [0.05, 0.1) is 11.3 Å². The van der Waals surface area contributed by atoms with Crippen molar-refractivity contribution in [1.82, 2.24) is 20.1 Å². The number of carbonyl (C=O) groups excluding carboxylic acids is 2. The van der Waals surface area contributed by atoms with E-state index in [1.54, 1.807) is 17.2 Å². The van der Waals surface area contributed by atoms with Crippen LogP contribution in [0.4, 0.5) is 5.69 Å². The molecule has 1 fully saturated rings. The molecule has 8 heteroatoms. The van der Waals surface area contributed by atoms with Gasteiger partial charge in [-0.2, -0.15) is 0 Å². The Balaban J connectivity index is 1.30. The summed E-state index contributed by atoms with van der Waals surface area (Å²) in [4.78, 5) is 37.4. The molecule has 0 unspecified atom stereocenters. The predicted molar refractivity (Wildman–Crippen MR) is 123 cm³/mol. The van der Waals surface area contributed by atoms with E-state index in [1.165, 1.54) is 11.8 Å². The van der Waals surface area contributed by atoms with E-state index in [0.717, 1.165) is 48.3 Å². The molecule has 2 aliphatic rings. The summed E-state index contributed by atoms with van der Waals surface area (Å²) in [5.41, 5.74) is 1.49. The average Bonchev–Trinajstić information content (AvgIpc) is 2.90. The van der Waals surface area contributed by atoms with E-state index in [1.807, 2.05) is 30.3 Å². The normalized spacial score (nSPS) is 17.1. The van der Waals surface area contributed by atoms with E-state index in [9.17, 15) is 9.59 Å². The number of anilines is 1. The molecule has 0 aliphatic carbocycles. The van der Waals surface area contributed by atoms with E-state index >= 15 is 0 Å². The Labute approximate surface area is 187 Å². The number of rotatable bonds is 7. The fraction of sp³-hybridized carbons (Fsp3) is 0.435. The zero-order valence-electron chi connectivity index (χ0n) is 17.9. The van der Waals surface area contributed by atoms with Gasteiger partial charge >= 0.3 is 0 Å². The molecule has 1 aromatic carbocycles. The van der Waals surface area contributed by atoms with Crippen molar-refractivity contribution in [2.24, 2.45) is 0 Å². The van der Waals surface area contributed by atoms with Gasteiger partial charge in [0, 0.05) is 63.3 Å². The molecule has 0 bridgehead atoms. The lowest BCUT2D eigenvalue weighted by Gasteiger charge is -2.32. The Kier molecular flexibility index (Phi) is 7.21. The molecule has 1 saturated heterocycles. The molecule has 2 amide bonds. The topological polar surface area (TPSA) is 68.8 Å². The van der Waals surface area contributed by atoms with E-state index in [4.69, 9.17) is 0 Å². The highest BCUT2D eigenvalue weighted by atomic mass is 32.2. The number of nitrogens with one attached hydrogen (secondary N) is 1. The first-order valence-electron chi connectivity index (χ1n) is 10.8. The second-order valence-corrected chi connectivity index (χ2v) is 9.01. The van der Waals surface area contributed by atoms with Crippen molar-refractivity contribution in [2.45, 2.75) is 22.8 Å². The van der Waals surface area contributed by atoms with Crippen molar-refractivity contribution in [2.75, 3.05) is 57.8 Å². The SMILES string of the molecule is CN1CCN(CCNC(=O)CCCN2C(=O)c3cccnc3Sc3ccccc32)CC1. The number of piperazine rings is 1. The Morgan fingerprint density at radius 2 is 1.90 bits per heavy atom. The number of amides is 2. The maximum atomic E-state index is 13.2. The minimum Gasteiger partial charge on any atom is -0.355 e. The maximum absolute atomic E-state index is 13.2. The third kappa shape index (κ3) is 5.44. The van der Waals surface area contributed by atoms with Gasteiger partial charge in [-0.15, -0.1) is 0 Å². The first kappa shape index (κ1) is 21.8. The zero-order chi connectivity index (χ0) is 21.6. The number of pyridine rings is 1. The first-order chi connectivity index (χ1) is 15.1.